The van der Waals surface area contributed by atoms with Crippen LogP contribution in [0.4, 0.5) is 0 Å². The van der Waals surface area contributed by atoms with Crippen LogP contribution in [0.5, 0.6) is 0 Å². The third kappa shape index (κ3) is 3.04. The van der Waals surface area contributed by atoms with Crippen molar-refractivity contribution in [2.45, 2.75) is 38.6 Å². The molecule has 2 fully saturated rings. The lowest BCUT2D eigenvalue weighted by molar-refractivity contribution is 0.0718. The minimum atomic E-state index is -0.0119. The Morgan fingerprint density at radius 3 is 2.93 bits per heavy atom. The lowest BCUT2D eigenvalue weighted by atomic mass is 9.62. The average molecular weight is 411 g/mol. The summed E-state index contributed by atoms with van der Waals surface area (Å²) in [4.78, 5) is 15.2. The number of hydrogen-bond donors (Lipinski definition) is 1. The summed E-state index contributed by atoms with van der Waals surface area (Å²) in [5.74, 6) is 1.23. The van der Waals surface area contributed by atoms with Gasteiger partial charge >= 0.3 is 0 Å². The van der Waals surface area contributed by atoms with Gasteiger partial charge in [0.15, 0.2) is 0 Å². The summed E-state index contributed by atoms with van der Waals surface area (Å²) in [7, 11) is 0. The first kappa shape index (κ1) is 18.4. The van der Waals surface area contributed by atoms with Gasteiger partial charge in [-0.1, -0.05) is 30.2 Å². The molecule has 1 spiro atoms. The second kappa shape index (κ2) is 6.99. The third-order valence-corrected chi connectivity index (χ3v) is 6.75. The summed E-state index contributed by atoms with van der Waals surface area (Å²) in [5, 5.41) is 16.4. The third-order valence-electron chi connectivity index (χ3n) is 6.51. The predicted octanol–water partition coefficient (Wildman–Crippen LogP) is 3.75. The van der Waals surface area contributed by atoms with Crippen molar-refractivity contribution in [1.82, 2.24) is 29.9 Å². The fourth-order valence-electron chi connectivity index (χ4n) is 4.79. The quantitative estimate of drug-likeness (QED) is 0.710. The molecule has 3 aromatic rings. The van der Waals surface area contributed by atoms with E-state index in [-0.39, 0.29) is 17.2 Å². The Balaban J connectivity index is 1.40. The van der Waals surface area contributed by atoms with Crippen molar-refractivity contribution >= 4 is 17.5 Å². The molecule has 1 aliphatic carbocycles. The number of aromatic amines is 1. The second-order valence-electron chi connectivity index (χ2n) is 8.11. The molecule has 2 aromatic heterocycles. The van der Waals surface area contributed by atoms with Gasteiger partial charge < -0.3 is 9.47 Å². The molecule has 8 heteroatoms. The first-order chi connectivity index (χ1) is 14.1. The second-order valence-corrected chi connectivity index (χ2v) is 8.54. The Bertz CT molecular complexity index is 1050. The van der Waals surface area contributed by atoms with Crippen LogP contribution in [0.3, 0.4) is 0 Å². The summed E-state index contributed by atoms with van der Waals surface area (Å²) >= 11 is 6.08. The number of nitrogens with one attached hydrogen (secondary N) is 1. The summed E-state index contributed by atoms with van der Waals surface area (Å²) in [6.07, 6.45) is 5.27. The molecule has 5 rings (SSSR count). The zero-order chi connectivity index (χ0) is 20.0. The molecule has 1 saturated heterocycles. The van der Waals surface area contributed by atoms with E-state index in [0.717, 1.165) is 43.0 Å². The highest BCUT2D eigenvalue weighted by Crippen LogP contribution is 2.55. The molecule has 1 atom stereocenters. The van der Waals surface area contributed by atoms with Crippen molar-refractivity contribution < 1.29 is 4.79 Å². The zero-order valence-corrected chi connectivity index (χ0v) is 17.1. The van der Waals surface area contributed by atoms with Gasteiger partial charge in [0, 0.05) is 36.1 Å². The number of carbonyl (C=O) groups is 1. The van der Waals surface area contributed by atoms with Gasteiger partial charge in [0.05, 0.1) is 5.69 Å². The molecular formula is C21H23ClN6O. The highest BCUT2D eigenvalue weighted by atomic mass is 35.5. The van der Waals surface area contributed by atoms with Crippen LogP contribution in [0.1, 0.15) is 48.4 Å². The van der Waals surface area contributed by atoms with Crippen LogP contribution in [0.25, 0.3) is 11.3 Å². The number of halogens is 1. The van der Waals surface area contributed by atoms with Crippen molar-refractivity contribution in [2.24, 2.45) is 5.41 Å². The van der Waals surface area contributed by atoms with Gasteiger partial charge in [-0.15, -0.1) is 10.2 Å². The van der Waals surface area contributed by atoms with E-state index in [9.17, 15) is 4.79 Å². The standard InChI is InChI=1S/C21H23ClN6O/c1-2-27-13-23-26-19(27)16-11-28(12-21(16)7-4-8-21)20(29)18-10-17(24-25-18)14-5-3-6-15(22)9-14/h3,5-6,9-10,13,16H,2,4,7-8,11-12H2,1H3,(H,24,25). The first-order valence-corrected chi connectivity index (χ1v) is 10.5. The van der Waals surface area contributed by atoms with Crippen LogP contribution in [-0.4, -0.2) is 48.9 Å². The van der Waals surface area contributed by atoms with E-state index in [1.165, 1.54) is 6.42 Å². The van der Waals surface area contributed by atoms with Crippen molar-refractivity contribution in [1.29, 1.82) is 0 Å². The topological polar surface area (TPSA) is 79.7 Å². The van der Waals surface area contributed by atoms with E-state index in [1.807, 2.05) is 35.2 Å². The average Bonchev–Trinajstić information content (AvgIpc) is 3.43. The maximum atomic E-state index is 13.2. The van der Waals surface area contributed by atoms with Crippen LogP contribution in [0, 0.1) is 5.41 Å². The highest BCUT2D eigenvalue weighted by Gasteiger charge is 2.53. The molecule has 1 saturated carbocycles. The van der Waals surface area contributed by atoms with Gasteiger partial charge in [0.2, 0.25) is 0 Å². The number of H-pyrrole nitrogens is 1. The lowest BCUT2D eigenvalue weighted by Gasteiger charge is -2.42. The fourth-order valence-corrected chi connectivity index (χ4v) is 4.98. The summed E-state index contributed by atoms with van der Waals surface area (Å²) in [6, 6.07) is 9.29. The molecule has 0 bridgehead atoms. The van der Waals surface area contributed by atoms with E-state index >= 15 is 0 Å². The summed E-state index contributed by atoms with van der Waals surface area (Å²) in [5.41, 5.74) is 2.24. The van der Waals surface area contributed by atoms with E-state index in [0.29, 0.717) is 17.3 Å². The Morgan fingerprint density at radius 2 is 2.21 bits per heavy atom. The number of nitrogens with zero attached hydrogens (tertiary/aromatic N) is 5. The summed E-state index contributed by atoms with van der Waals surface area (Å²) < 4.78 is 2.10. The van der Waals surface area contributed by atoms with Gasteiger partial charge in [-0.25, -0.2) is 0 Å². The molecule has 3 heterocycles. The van der Waals surface area contributed by atoms with Crippen molar-refractivity contribution in [3.05, 3.63) is 53.2 Å². The van der Waals surface area contributed by atoms with E-state index < -0.39 is 0 Å². The zero-order valence-electron chi connectivity index (χ0n) is 16.3. The van der Waals surface area contributed by atoms with Crippen molar-refractivity contribution in [3.63, 3.8) is 0 Å². The van der Waals surface area contributed by atoms with Gasteiger partial charge in [-0.2, -0.15) is 5.10 Å². The molecule has 29 heavy (non-hydrogen) atoms. The van der Waals surface area contributed by atoms with Crippen LogP contribution in [0.2, 0.25) is 5.02 Å². The number of likely N-dealkylation sites (tertiary alicyclic amines) is 1. The van der Waals surface area contributed by atoms with E-state index in [4.69, 9.17) is 11.6 Å². The molecule has 0 radical (unpaired) electrons. The molecule has 7 nitrogen and oxygen atoms in total. The van der Waals surface area contributed by atoms with Crippen molar-refractivity contribution in [3.8, 4) is 11.3 Å². The van der Waals surface area contributed by atoms with Gasteiger partial charge in [-0.3, -0.25) is 9.89 Å². The molecule has 1 aromatic carbocycles. The van der Waals surface area contributed by atoms with Crippen molar-refractivity contribution in [2.75, 3.05) is 13.1 Å². The Hall–Kier alpha value is -2.67. The van der Waals surface area contributed by atoms with E-state index in [2.05, 4.69) is 31.9 Å². The van der Waals surface area contributed by atoms with Gasteiger partial charge in [-0.05, 0) is 43.4 Å². The number of benzene rings is 1. The minimum absolute atomic E-state index is 0.0119. The smallest absolute Gasteiger partial charge is 0.271 e. The van der Waals surface area contributed by atoms with E-state index in [1.54, 1.807) is 6.33 Å². The number of aromatic nitrogens is 5. The molecule has 150 valence electrons. The summed E-state index contributed by atoms with van der Waals surface area (Å²) in [6.45, 7) is 4.37. The van der Waals surface area contributed by atoms with Crippen LogP contribution < -0.4 is 0 Å². The molecule has 1 amide bonds. The largest absolute Gasteiger partial charge is 0.336 e. The number of amides is 1. The fraction of sp³-hybridized carbons (Fsp3) is 0.429. The normalized spacial score (nSPS) is 20.2. The van der Waals surface area contributed by atoms with Crippen LogP contribution in [-0.2, 0) is 6.54 Å². The molecule has 1 N–H and O–H groups in total. The van der Waals surface area contributed by atoms with Crippen LogP contribution >= 0.6 is 11.6 Å². The monoisotopic (exact) mass is 410 g/mol. The van der Waals surface area contributed by atoms with Gasteiger partial charge in [0.1, 0.15) is 17.8 Å². The Morgan fingerprint density at radius 1 is 1.34 bits per heavy atom. The number of rotatable bonds is 4. The lowest BCUT2D eigenvalue weighted by Crippen LogP contribution is -2.38. The molecular weight excluding hydrogens is 388 g/mol. The molecule has 1 unspecified atom stereocenters. The first-order valence-electron chi connectivity index (χ1n) is 10.1. The van der Waals surface area contributed by atoms with Gasteiger partial charge in [0.25, 0.3) is 5.91 Å². The Kier molecular flexibility index (Phi) is 4.42. The number of aryl methyl sites for hydroxylation is 1. The molecule has 1 aliphatic heterocycles. The predicted molar refractivity (Wildman–Crippen MR) is 110 cm³/mol. The highest BCUT2D eigenvalue weighted by molar-refractivity contribution is 6.30. The maximum Gasteiger partial charge on any atom is 0.271 e. The maximum absolute atomic E-state index is 13.2. The number of carbonyl (C=O) groups excluding carboxylic acids is 1. The molecule has 2 aliphatic rings. The SMILES string of the molecule is CCn1cnnc1C1CN(C(=O)c2cc(-c3cccc(Cl)c3)n[nH]2)CC12CCC2. The number of hydrogen-bond acceptors (Lipinski definition) is 4. The Labute approximate surface area is 174 Å². The van der Waals surface area contributed by atoms with Crippen LogP contribution in [0.15, 0.2) is 36.7 Å². The minimum Gasteiger partial charge on any atom is -0.336 e.